The smallest absolute Gasteiger partial charge is 0.0282 e. The van der Waals surface area contributed by atoms with Crippen LogP contribution in [0.25, 0.3) is 0 Å². The second-order valence-electron chi connectivity index (χ2n) is 5.45. The summed E-state index contributed by atoms with van der Waals surface area (Å²) in [6.45, 7) is 3.64. The van der Waals surface area contributed by atoms with Crippen LogP contribution in [-0.4, -0.2) is 23.6 Å². The van der Waals surface area contributed by atoms with Crippen LogP contribution < -0.4 is 5.32 Å². The zero-order valence-electron chi connectivity index (χ0n) is 10.2. The molecule has 1 atom stereocenters. The van der Waals surface area contributed by atoms with Crippen molar-refractivity contribution < 1.29 is 0 Å². The Morgan fingerprint density at radius 3 is 2.47 bits per heavy atom. The molecule has 0 heterocycles. The summed E-state index contributed by atoms with van der Waals surface area (Å²) in [5, 5.41) is 3.79. The maximum atomic E-state index is 3.79. The second-order valence-corrected chi connectivity index (χ2v) is 6.73. The summed E-state index contributed by atoms with van der Waals surface area (Å²) in [5.74, 6) is 0.955. The van der Waals surface area contributed by atoms with E-state index in [1.54, 1.807) is 0 Å². The van der Waals surface area contributed by atoms with Crippen molar-refractivity contribution >= 4 is 11.8 Å². The van der Waals surface area contributed by atoms with Crippen molar-refractivity contribution in [3.05, 3.63) is 0 Å². The average Bonchev–Trinajstić information content (AvgIpc) is 3.08. The van der Waals surface area contributed by atoms with Crippen molar-refractivity contribution in [2.75, 3.05) is 12.8 Å². The topological polar surface area (TPSA) is 12.0 Å². The Bertz CT molecular complexity index is 195. The van der Waals surface area contributed by atoms with Crippen molar-refractivity contribution in [2.24, 2.45) is 5.92 Å². The monoisotopic (exact) mass is 227 g/mol. The molecule has 88 valence electrons. The van der Waals surface area contributed by atoms with E-state index in [0.29, 0.717) is 4.75 Å². The van der Waals surface area contributed by atoms with Gasteiger partial charge < -0.3 is 5.32 Å². The number of thioether (sulfide) groups is 1. The van der Waals surface area contributed by atoms with Gasteiger partial charge in [-0.15, -0.1) is 0 Å². The summed E-state index contributed by atoms with van der Waals surface area (Å²) in [6, 6.07) is 0.745. The summed E-state index contributed by atoms with van der Waals surface area (Å²) in [5.41, 5.74) is 0. The molecule has 15 heavy (non-hydrogen) atoms. The number of hydrogen-bond acceptors (Lipinski definition) is 2. The zero-order valence-corrected chi connectivity index (χ0v) is 11.0. The normalized spacial score (nSPS) is 27.6. The third kappa shape index (κ3) is 3.13. The molecular weight excluding hydrogens is 202 g/mol. The van der Waals surface area contributed by atoms with Gasteiger partial charge in [-0.3, -0.25) is 0 Å². The molecule has 2 rings (SSSR count). The van der Waals surface area contributed by atoms with Gasteiger partial charge in [0, 0.05) is 17.3 Å². The minimum Gasteiger partial charge on any atom is -0.313 e. The fourth-order valence-corrected chi connectivity index (χ4v) is 3.48. The summed E-state index contributed by atoms with van der Waals surface area (Å²) in [6.07, 6.45) is 12.4. The molecule has 0 bridgehead atoms. The lowest BCUT2D eigenvalue weighted by atomic mass is 9.84. The SMILES string of the molecule is CSC1(CNC(C)C2CCCCC2)CC1. The second kappa shape index (κ2) is 5.09. The molecule has 2 aliphatic rings. The van der Waals surface area contributed by atoms with E-state index in [-0.39, 0.29) is 0 Å². The Kier molecular flexibility index (Phi) is 4.00. The number of hydrogen-bond donors (Lipinski definition) is 1. The Morgan fingerprint density at radius 2 is 1.93 bits per heavy atom. The molecule has 2 heteroatoms. The van der Waals surface area contributed by atoms with Crippen LogP contribution in [0.4, 0.5) is 0 Å². The van der Waals surface area contributed by atoms with Crippen molar-refractivity contribution in [3.8, 4) is 0 Å². The van der Waals surface area contributed by atoms with Crippen LogP contribution >= 0.6 is 11.8 Å². The molecule has 0 saturated heterocycles. The zero-order chi connectivity index (χ0) is 10.7. The molecule has 1 unspecified atom stereocenters. The number of nitrogens with one attached hydrogen (secondary N) is 1. The number of rotatable bonds is 5. The van der Waals surface area contributed by atoms with Crippen LogP contribution in [0, 0.1) is 5.92 Å². The van der Waals surface area contributed by atoms with Crippen molar-refractivity contribution in [3.63, 3.8) is 0 Å². The Hall–Kier alpha value is 0.310. The quantitative estimate of drug-likeness (QED) is 0.772. The van der Waals surface area contributed by atoms with Gasteiger partial charge in [0.2, 0.25) is 0 Å². The lowest BCUT2D eigenvalue weighted by Crippen LogP contribution is -2.39. The van der Waals surface area contributed by atoms with E-state index in [0.717, 1.165) is 12.0 Å². The van der Waals surface area contributed by atoms with Crippen LogP contribution in [-0.2, 0) is 0 Å². The fourth-order valence-electron chi connectivity index (χ4n) is 2.74. The van der Waals surface area contributed by atoms with Crippen LogP contribution in [0.2, 0.25) is 0 Å². The Morgan fingerprint density at radius 1 is 1.27 bits per heavy atom. The highest BCUT2D eigenvalue weighted by Crippen LogP contribution is 2.46. The van der Waals surface area contributed by atoms with Gasteiger partial charge in [-0.1, -0.05) is 19.3 Å². The lowest BCUT2D eigenvalue weighted by Gasteiger charge is -2.29. The van der Waals surface area contributed by atoms with E-state index < -0.39 is 0 Å². The molecule has 0 amide bonds. The lowest BCUT2D eigenvalue weighted by molar-refractivity contribution is 0.281. The van der Waals surface area contributed by atoms with Gasteiger partial charge in [-0.05, 0) is 44.8 Å². The minimum atomic E-state index is 0.628. The Labute approximate surface area is 98.8 Å². The molecule has 1 N–H and O–H groups in total. The van der Waals surface area contributed by atoms with Gasteiger partial charge >= 0.3 is 0 Å². The highest BCUT2D eigenvalue weighted by Gasteiger charge is 2.41. The van der Waals surface area contributed by atoms with Crippen molar-refractivity contribution in [1.82, 2.24) is 5.32 Å². The molecule has 2 aliphatic carbocycles. The predicted octanol–water partition coefficient (Wildman–Crippen LogP) is 3.44. The van der Waals surface area contributed by atoms with E-state index in [1.807, 2.05) is 0 Å². The molecule has 0 aromatic rings. The molecular formula is C13H25NS. The predicted molar refractivity (Wildman–Crippen MR) is 69.5 cm³/mol. The summed E-state index contributed by atoms with van der Waals surface area (Å²) in [7, 11) is 0. The molecule has 0 spiro atoms. The van der Waals surface area contributed by atoms with Gasteiger partial charge in [0.25, 0.3) is 0 Å². The standard InChI is InChI=1S/C13H25NS/c1-11(12-6-4-3-5-7-12)14-10-13(15-2)8-9-13/h11-12,14H,3-10H2,1-2H3. The molecule has 0 aromatic heterocycles. The summed E-state index contributed by atoms with van der Waals surface area (Å²) in [4.78, 5) is 0. The van der Waals surface area contributed by atoms with E-state index >= 15 is 0 Å². The first-order chi connectivity index (χ1) is 7.26. The summed E-state index contributed by atoms with van der Waals surface area (Å²) < 4.78 is 0.628. The highest BCUT2D eigenvalue weighted by molar-refractivity contribution is 8.00. The van der Waals surface area contributed by atoms with E-state index in [1.165, 1.54) is 51.5 Å². The van der Waals surface area contributed by atoms with Crippen molar-refractivity contribution in [2.45, 2.75) is 62.7 Å². The maximum Gasteiger partial charge on any atom is 0.0282 e. The average molecular weight is 227 g/mol. The molecule has 0 aromatic carbocycles. The Balaban J connectivity index is 1.69. The third-order valence-electron chi connectivity index (χ3n) is 4.34. The first-order valence-electron chi connectivity index (χ1n) is 6.54. The van der Waals surface area contributed by atoms with Gasteiger partial charge in [0.1, 0.15) is 0 Å². The fraction of sp³-hybridized carbons (Fsp3) is 1.00. The van der Waals surface area contributed by atoms with Gasteiger partial charge in [0.15, 0.2) is 0 Å². The first kappa shape index (κ1) is 11.8. The molecule has 2 saturated carbocycles. The molecule has 0 radical (unpaired) electrons. The van der Waals surface area contributed by atoms with Gasteiger partial charge in [0.05, 0.1) is 0 Å². The largest absolute Gasteiger partial charge is 0.313 e. The van der Waals surface area contributed by atoms with E-state index in [2.05, 4.69) is 30.3 Å². The molecule has 1 nitrogen and oxygen atoms in total. The van der Waals surface area contributed by atoms with Gasteiger partial charge in [-0.25, -0.2) is 0 Å². The first-order valence-corrected chi connectivity index (χ1v) is 7.77. The van der Waals surface area contributed by atoms with Crippen LogP contribution in [0.3, 0.4) is 0 Å². The third-order valence-corrected chi connectivity index (χ3v) is 5.76. The van der Waals surface area contributed by atoms with E-state index in [4.69, 9.17) is 0 Å². The highest BCUT2D eigenvalue weighted by atomic mass is 32.2. The molecule has 0 aliphatic heterocycles. The summed E-state index contributed by atoms with van der Waals surface area (Å²) >= 11 is 2.06. The van der Waals surface area contributed by atoms with Gasteiger partial charge in [-0.2, -0.15) is 11.8 Å². The maximum absolute atomic E-state index is 3.79. The van der Waals surface area contributed by atoms with E-state index in [9.17, 15) is 0 Å². The van der Waals surface area contributed by atoms with Crippen LogP contribution in [0.5, 0.6) is 0 Å². The van der Waals surface area contributed by atoms with Crippen LogP contribution in [0.1, 0.15) is 51.9 Å². The van der Waals surface area contributed by atoms with Crippen LogP contribution in [0.15, 0.2) is 0 Å². The van der Waals surface area contributed by atoms with Crippen molar-refractivity contribution in [1.29, 1.82) is 0 Å². The molecule has 2 fully saturated rings. The minimum absolute atomic E-state index is 0.628.